The Morgan fingerprint density at radius 3 is 2.69 bits per heavy atom. The molecule has 0 aromatic heterocycles. The van der Waals surface area contributed by atoms with Crippen LogP contribution in [0.2, 0.25) is 0 Å². The van der Waals surface area contributed by atoms with Crippen LogP contribution in [0.5, 0.6) is 11.5 Å². The number of hydrogen-bond donors (Lipinski definition) is 3. The number of aryl methyl sites for hydroxylation is 1. The predicted octanol–water partition coefficient (Wildman–Crippen LogP) is 1.25. The first-order chi connectivity index (χ1) is 14.0. The van der Waals surface area contributed by atoms with Crippen molar-refractivity contribution < 1.29 is 24.2 Å². The van der Waals surface area contributed by atoms with Crippen LogP contribution in [0.1, 0.15) is 16.7 Å². The number of benzene rings is 2. The number of aliphatic hydroxyl groups excluding tert-OH is 1. The highest BCUT2D eigenvalue weighted by molar-refractivity contribution is 6.07. The van der Waals surface area contributed by atoms with E-state index in [4.69, 9.17) is 14.6 Å². The van der Waals surface area contributed by atoms with Crippen LogP contribution in [0.4, 0.5) is 4.79 Å². The van der Waals surface area contributed by atoms with Gasteiger partial charge in [0.1, 0.15) is 24.8 Å². The summed E-state index contributed by atoms with van der Waals surface area (Å²) in [4.78, 5) is 26.7. The van der Waals surface area contributed by atoms with Crippen LogP contribution in [-0.4, -0.2) is 48.4 Å². The molecule has 1 atom stereocenters. The van der Waals surface area contributed by atoms with E-state index in [0.717, 1.165) is 22.4 Å². The normalized spacial score (nSPS) is 21.2. The standard InChI is InChI=1S/C21H23N3O5/c1-14-2-4-16(5-3-14)21(19(26)22-20(27)23-21)12-24-11-15-10-17(28-9-8-25)6-7-18(15)29-13-24/h2-7,10,25H,8-9,11-13H2,1H3,(H2,22,23,26,27)/t21-/m0/s1. The van der Waals surface area contributed by atoms with Crippen LogP contribution >= 0.6 is 0 Å². The van der Waals surface area contributed by atoms with Crippen LogP contribution in [0.3, 0.4) is 0 Å². The highest BCUT2D eigenvalue weighted by Crippen LogP contribution is 2.32. The molecule has 0 saturated carbocycles. The lowest BCUT2D eigenvalue weighted by atomic mass is 9.88. The molecule has 0 spiro atoms. The predicted molar refractivity (Wildman–Crippen MR) is 104 cm³/mol. The lowest BCUT2D eigenvalue weighted by molar-refractivity contribution is -0.125. The van der Waals surface area contributed by atoms with Gasteiger partial charge in [0.25, 0.3) is 5.91 Å². The van der Waals surface area contributed by atoms with Gasteiger partial charge in [-0.2, -0.15) is 0 Å². The van der Waals surface area contributed by atoms with E-state index in [0.29, 0.717) is 19.0 Å². The van der Waals surface area contributed by atoms with Crippen molar-refractivity contribution in [3.05, 3.63) is 59.2 Å². The van der Waals surface area contributed by atoms with Crippen molar-refractivity contribution in [1.82, 2.24) is 15.5 Å². The molecular weight excluding hydrogens is 374 g/mol. The van der Waals surface area contributed by atoms with Gasteiger partial charge in [0.15, 0.2) is 5.54 Å². The quantitative estimate of drug-likeness (QED) is 0.635. The molecule has 2 heterocycles. The number of fused-ring (bicyclic) bond motifs is 1. The fourth-order valence-corrected chi connectivity index (χ4v) is 3.69. The second-order valence-corrected chi connectivity index (χ2v) is 7.28. The van der Waals surface area contributed by atoms with Crippen LogP contribution in [0.25, 0.3) is 0 Å². The zero-order valence-corrected chi connectivity index (χ0v) is 16.1. The monoisotopic (exact) mass is 397 g/mol. The first-order valence-corrected chi connectivity index (χ1v) is 9.43. The van der Waals surface area contributed by atoms with Gasteiger partial charge in [0.2, 0.25) is 0 Å². The number of nitrogens with one attached hydrogen (secondary N) is 2. The van der Waals surface area contributed by atoms with Crippen molar-refractivity contribution in [3.63, 3.8) is 0 Å². The summed E-state index contributed by atoms with van der Waals surface area (Å²) in [5.74, 6) is 1.02. The Morgan fingerprint density at radius 2 is 2.00 bits per heavy atom. The van der Waals surface area contributed by atoms with Gasteiger partial charge in [-0.3, -0.25) is 15.0 Å². The number of hydrogen-bond acceptors (Lipinski definition) is 6. The minimum atomic E-state index is -1.18. The van der Waals surface area contributed by atoms with Crippen molar-refractivity contribution in [2.75, 3.05) is 26.5 Å². The summed E-state index contributed by atoms with van der Waals surface area (Å²) >= 11 is 0. The largest absolute Gasteiger partial charge is 0.491 e. The zero-order chi connectivity index (χ0) is 20.4. The number of imide groups is 1. The van der Waals surface area contributed by atoms with Crippen molar-refractivity contribution in [3.8, 4) is 11.5 Å². The number of carbonyl (C=O) groups is 2. The molecule has 2 aliphatic rings. The van der Waals surface area contributed by atoms with E-state index in [9.17, 15) is 9.59 Å². The van der Waals surface area contributed by atoms with Crippen LogP contribution in [-0.2, 0) is 16.9 Å². The second kappa shape index (κ2) is 7.73. The first-order valence-electron chi connectivity index (χ1n) is 9.43. The van der Waals surface area contributed by atoms with E-state index >= 15 is 0 Å². The van der Waals surface area contributed by atoms with Crippen molar-refractivity contribution in [2.45, 2.75) is 19.0 Å². The molecule has 8 nitrogen and oxygen atoms in total. The minimum absolute atomic E-state index is 0.0619. The fraction of sp³-hybridized carbons (Fsp3) is 0.333. The third-order valence-corrected chi connectivity index (χ3v) is 5.14. The van der Waals surface area contributed by atoms with Crippen molar-refractivity contribution >= 4 is 11.9 Å². The molecular formula is C21H23N3O5. The molecule has 8 heteroatoms. The molecule has 0 bridgehead atoms. The molecule has 2 aromatic rings. The number of carbonyl (C=O) groups excluding carboxylic acids is 2. The number of urea groups is 1. The average Bonchev–Trinajstić information content (AvgIpc) is 3.00. The molecule has 1 saturated heterocycles. The van der Waals surface area contributed by atoms with Gasteiger partial charge in [-0.15, -0.1) is 0 Å². The number of rotatable bonds is 6. The highest BCUT2D eigenvalue weighted by atomic mass is 16.5. The van der Waals surface area contributed by atoms with E-state index in [1.165, 1.54) is 0 Å². The topological polar surface area (TPSA) is 100 Å². The first kappa shape index (κ1) is 19.2. The average molecular weight is 397 g/mol. The molecule has 0 unspecified atom stereocenters. The van der Waals surface area contributed by atoms with E-state index in [1.54, 1.807) is 6.07 Å². The zero-order valence-electron chi connectivity index (χ0n) is 16.1. The number of nitrogens with zero attached hydrogens (tertiary/aromatic N) is 1. The van der Waals surface area contributed by atoms with Gasteiger partial charge < -0.3 is 19.9 Å². The highest BCUT2D eigenvalue weighted by Gasteiger charge is 2.49. The smallest absolute Gasteiger partial charge is 0.322 e. The number of amides is 3. The van der Waals surface area contributed by atoms with E-state index in [2.05, 4.69) is 10.6 Å². The Balaban J connectivity index is 1.59. The van der Waals surface area contributed by atoms with E-state index in [1.807, 2.05) is 48.2 Å². The third kappa shape index (κ3) is 3.76. The summed E-state index contributed by atoms with van der Waals surface area (Å²) < 4.78 is 11.3. The maximum absolute atomic E-state index is 12.8. The lowest BCUT2D eigenvalue weighted by Gasteiger charge is -2.36. The number of aliphatic hydroxyl groups is 1. The van der Waals surface area contributed by atoms with Gasteiger partial charge in [-0.25, -0.2) is 4.79 Å². The summed E-state index contributed by atoms with van der Waals surface area (Å²) in [6.07, 6.45) is 0. The molecule has 1 fully saturated rings. The Kier molecular flexibility index (Phi) is 5.12. The maximum atomic E-state index is 12.8. The van der Waals surface area contributed by atoms with Gasteiger partial charge in [0.05, 0.1) is 6.61 Å². The van der Waals surface area contributed by atoms with Crippen LogP contribution in [0, 0.1) is 6.92 Å². The molecule has 152 valence electrons. The van der Waals surface area contributed by atoms with Crippen molar-refractivity contribution in [2.24, 2.45) is 0 Å². The third-order valence-electron chi connectivity index (χ3n) is 5.14. The van der Waals surface area contributed by atoms with E-state index in [-0.39, 0.29) is 25.7 Å². The summed E-state index contributed by atoms with van der Waals surface area (Å²) in [6, 6.07) is 12.5. The summed E-state index contributed by atoms with van der Waals surface area (Å²) in [7, 11) is 0. The summed E-state index contributed by atoms with van der Waals surface area (Å²) in [5.41, 5.74) is 1.52. The van der Waals surface area contributed by atoms with Gasteiger partial charge in [-0.1, -0.05) is 29.8 Å². The van der Waals surface area contributed by atoms with E-state index < -0.39 is 11.6 Å². The molecule has 0 radical (unpaired) electrons. The molecule has 3 N–H and O–H groups in total. The summed E-state index contributed by atoms with van der Waals surface area (Å²) in [5, 5.41) is 14.1. The Hall–Kier alpha value is -3.10. The Bertz CT molecular complexity index is 930. The molecule has 0 aliphatic carbocycles. The van der Waals surface area contributed by atoms with Gasteiger partial charge >= 0.3 is 6.03 Å². The molecule has 2 aromatic carbocycles. The Labute approximate surface area is 168 Å². The second-order valence-electron chi connectivity index (χ2n) is 7.28. The molecule has 3 amide bonds. The van der Waals surface area contributed by atoms with Gasteiger partial charge in [-0.05, 0) is 30.7 Å². The lowest BCUT2D eigenvalue weighted by Crippen LogP contribution is -2.53. The SMILES string of the molecule is Cc1ccc([C@]2(CN3COc4ccc(OCCO)cc4C3)NC(=O)NC2=O)cc1. The summed E-state index contributed by atoms with van der Waals surface area (Å²) in [6.45, 7) is 3.20. The van der Waals surface area contributed by atoms with Crippen LogP contribution < -0.4 is 20.1 Å². The number of ether oxygens (including phenoxy) is 2. The van der Waals surface area contributed by atoms with Gasteiger partial charge in [0, 0.05) is 18.7 Å². The maximum Gasteiger partial charge on any atom is 0.322 e. The molecule has 29 heavy (non-hydrogen) atoms. The molecule has 4 rings (SSSR count). The Morgan fingerprint density at radius 1 is 1.21 bits per heavy atom. The minimum Gasteiger partial charge on any atom is -0.491 e. The fourth-order valence-electron chi connectivity index (χ4n) is 3.69. The molecule has 2 aliphatic heterocycles. The van der Waals surface area contributed by atoms with Crippen LogP contribution in [0.15, 0.2) is 42.5 Å². The van der Waals surface area contributed by atoms with Crippen molar-refractivity contribution in [1.29, 1.82) is 0 Å².